The van der Waals surface area contributed by atoms with Gasteiger partial charge in [-0.05, 0) is 24.6 Å². The molecule has 3 aromatic rings. The van der Waals surface area contributed by atoms with Crippen LogP contribution in [0.2, 0.25) is 5.02 Å². The Hall–Kier alpha value is -2.60. The van der Waals surface area contributed by atoms with E-state index in [4.69, 9.17) is 16.6 Å². The van der Waals surface area contributed by atoms with Crippen molar-refractivity contribution in [2.45, 2.75) is 19.3 Å². The average molecular weight is 357 g/mol. The highest BCUT2D eigenvalue weighted by atomic mass is 35.5. The van der Waals surface area contributed by atoms with E-state index in [-0.39, 0.29) is 17.4 Å². The first kappa shape index (κ1) is 15.9. The molecular weight excluding hydrogens is 340 g/mol. The van der Waals surface area contributed by atoms with Gasteiger partial charge in [0.1, 0.15) is 0 Å². The summed E-state index contributed by atoms with van der Waals surface area (Å²) < 4.78 is 1.45. The molecule has 7 heteroatoms. The van der Waals surface area contributed by atoms with Crippen LogP contribution in [0, 0.1) is 6.92 Å². The molecule has 6 nitrogen and oxygen atoms in total. The largest absolute Gasteiger partial charge is 0.345 e. The Balaban J connectivity index is 1.90. The quantitative estimate of drug-likeness (QED) is 0.767. The number of H-pyrrole nitrogens is 1. The van der Waals surface area contributed by atoms with Crippen molar-refractivity contribution < 1.29 is 4.79 Å². The number of aromatic amines is 1. The molecule has 128 valence electrons. The van der Waals surface area contributed by atoms with Crippen LogP contribution in [0.3, 0.4) is 0 Å². The van der Waals surface area contributed by atoms with E-state index in [1.165, 1.54) is 10.6 Å². The fourth-order valence-electron chi connectivity index (χ4n) is 3.40. The van der Waals surface area contributed by atoms with Crippen molar-refractivity contribution in [2.75, 3.05) is 13.6 Å². The van der Waals surface area contributed by atoms with Gasteiger partial charge in [-0.25, -0.2) is 9.50 Å². The smallest absolute Gasteiger partial charge is 0.272 e. The van der Waals surface area contributed by atoms with Crippen LogP contribution in [0.25, 0.3) is 16.8 Å². The lowest BCUT2D eigenvalue weighted by Gasteiger charge is -2.10. The Labute approximate surface area is 149 Å². The third kappa shape index (κ3) is 2.62. The van der Waals surface area contributed by atoms with Gasteiger partial charge in [0, 0.05) is 48.3 Å². The zero-order valence-corrected chi connectivity index (χ0v) is 14.7. The molecular formula is C18H17ClN4O2. The highest BCUT2D eigenvalue weighted by Crippen LogP contribution is 2.30. The molecule has 1 amide bonds. The van der Waals surface area contributed by atoms with Gasteiger partial charge in [-0.3, -0.25) is 14.7 Å². The van der Waals surface area contributed by atoms with Crippen LogP contribution in [0.15, 0.2) is 35.1 Å². The van der Waals surface area contributed by atoms with Crippen molar-refractivity contribution in [1.82, 2.24) is 19.5 Å². The lowest BCUT2D eigenvalue weighted by Crippen LogP contribution is -2.20. The van der Waals surface area contributed by atoms with Crippen LogP contribution >= 0.6 is 11.6 Å². The number of nitrogens with one attached hydrogen (secondary N) is 1. The molecule has 0 radical (unpaired) electrons. The van der Waals surface area contributed by atoms with E-state index in [2.05, 4.69) is 5.10 Å². The number of fused-ring (bicyclic) bond motifs is 1. The van der Waals surface area contributed by atoms with Crippen LogP contribution < -0.4 is 5.56 Å². The third-order valence-electron chi connectivity index (χ3n) is 4.71. The van der Waals surface area contributed by atoms with Crippen LogP contribution in [0.5, 0.6) is 0 Å². The van der Waals surface area contributed by atoms with Gasteiger partial charge < -0.3 is 4.90 Å². The summed E-state index contributed by atoms with van der Waals surface area (Å²) in [6.45, 7) is 2.49. The Morgan fingerprint density at radius 2 is 1.96 bits per heavy atom. The highest BCUT2D eigenvalue weighted by molar-refractivity contribution is 6.30. The number of likely N-dealkylation sites (N-methyl/N-ethyl adjacent to an activating group) is 1. The lowest BCUT2D eigenvalue weighted by molar-refractivity contribution is -0.126. The van der Waals surface area contributed by atoms with Crippen molar-refractivity contribution in [3.8, 4) is 11.1 Å². The van der Waals surface area contributed by atoms with Gasteiger partial charge in [-0.1, -0.05) is 23.7 Å². The fraction of sp³-hybridized carbons (Fsp3) is 0.278. The van der Waals surface area contributed by atoms with E-state index < -0.39 is 0 Å². The Bertz CT molecular complexity index is 1040. The molecule has 0 spiro atoms. The molecule has 0 aliphatic carbocycles. The van der Waals surface area contributed by atoms with E-state index in [1.807, 2.05) is 31.2 Å². The second-order valence-electron chi connectivity index (χ2n) is 6.47. The van der Waals surface area contributed by atoms with Crippen molar-refractivity contribution in [1.29, 1.82) is 0 Å². The Morgan fingerprint density at radius 3 is 2.60 bits per heavy atom. The maximum absolute atomic E-state index is 12.5. The number of hydrogen-bond acceptors (Lipinski definition) is 3. The summed E-state index contributed by atoms with van der Waals surface area (Å²) in [5.41, 5.74) is 3.72. The topological polar surface area (TPSA) is 70.5 Å². The first-order valence-corrected chi connectivity index (χ1v) is 8.44. The molecule has 4 rings (SSSR count). The van der Waals surface area contributed by atoms with Crippen molar-refractivity contribution >= 4 is 23.2 Å². The molecule has 1 atom stereocenters. The van der Waals surface area contributed by atoms with E-state index in [0.717, 1.165) is 16.8 Å². The van der Waals surface area contributed by atoms with Crippen molar-refractivity contribution in [2.24, 2.45) is 0 Å². The maximum Gasteiger partial charge on any atom is 0.272 e. The van der Waals surface area contributed by atoms with Crippen molar-refractivity contribution in [3.05, 3.63) is 57.1 Å². The molecule has 2 aromatic heterocycles. The lowest BCUT2D eigenvalue weighted by atomic mass is 10.0. The molecule has 1 aliphatic heterocycles. The number of benzene rings is 1. The molecule has 3 heterocycles. The molecule has 1 aliphatic rings. The SMILES string of the molecule is Cc1[nH]n2c(=O)cc([C@H]3CC(=O)N(C)C3)nc2c1-c1ccc(Cl)cc1. The number of halogens is 1. The van der Waals surface area contributed by atoms with E-state index in [0.29, 0.717) is 29.3 Å². The summed E-state index contributed by atoms with van der Waals surface area (Å²) in [6.07, 6.45) is 0.388. The van der Waals surface area contributed by atoms with E-state index in [1.54, 1.807) is 11.9 Å². The highest BCUT2D eigenvalue weighted by Gasteiger charge is 2.30. The summed E-state index contributed by atoms with van der Waals surface area (Å²) in [5.74, 6) is 0.0265. The second-order valence-corrected chi connectivity index (χ2v) is 6.91. The van der Waals surface area contributed by atoms with Crippen LogP contribution in [-0.4, -0.2) is 39.0 Å². The summed E-state index contributed by atoms with van der Waals surface area (Å²) >= 11 is 5.98. The van der Waals surface area contributed by atoms with Gasteiger partial charge in [0.2, 0.25) is 5.91 Å². The minimum Gasteiger partial charge on any atom is -0.345 e. The van der Waals surface area contributed by atoms with Gasteiger partial charge in [0.15, 0.2) is 5.65 Å². The van der Waals surface area contributed by atoms with Crippen LogP contribution in [0.1, 0.15) is 23.7 Å². The number of carbonyl (C=O) groups is 1. The summed E-state index contributed by atoms with van der Waals surface area (Å²) in [6, 6.07) is 8.96. The average Bonchev–Trinajstić information content (AvgIpc) is 3.08. The summed E-state index contributed by atoms with van der Waals surface area (Å²) in [5, 5.41) is 3.73. The number of likely N-dealkylation sites (tertiary alicyclic amines) is 1. The van der Waals surface area contributed by atoms with Gasteiger partial charge >= 0.3 is 0 Å². The molecule has 1 fully saturated rings. The predicted octanol–water partition coefficient (Wildman–Crippen LogP) is 2.60. The van der Waals surface area contributed by atoms with Gasteiger partial charge in [0.05, 0.1) is 5.69 Å². The number of aryl methyl sites for hydroxylation is 1. The number of hydrogen-bond donors (Lipinski definition) is 1. The van der Waals surface area contributed by atoms with Crippen molar-refractivity contribution in [3.63, 3.8) is 0 Å². The van der Waals surface area contributed by atoms with E-state index >= 15 is 0 Å². The number of carbonyl (C=O) groups excluding carboxylic acids is 1. The Morgan fingerprint density at radius 1 is 1.24 bits per heavy atom. The minimum absolute atomic E-state index is 0.0523. The third-order valence-corrected chi connectivity index (χ3v) is 4.96. The predicted molar refractivity (Wildman–Crippen MR) is 96.0 cm³/mol. The molecule has 1 N–H and O–H groups in total. The first-order valence-electron chi connectivity index (χ1n) is 8.06. The fourth-order valence-corrected chi connectivity index (χ4v) is 3.53. The summed E-state index contributed by atoms with van der Waals surface area (Å²) in [4.78, 5) is 30.8. The molecule has 0 saturated carbocycles. The van der Waals surface area contributed by atoms with Gasteiger partial charge in [-0.2, -0.15) is 0 Å². The van der Waals surface area contributed by atoms with Gasteiger partial charge in [-0.15, -0.1) is 0 Å². The van der Waals surface area contributed by atoms with Crippen LogP contribution in [0.4, 0.5) is 0 Å². The maximum atomic E-state index is 12.5. The van der Waals surface area contributed by atoms with E-state index in [9.17, 15) is 9.59 Å². The molecule has 0 bridgehead atoms. The minimum atomic E-state index is -0.176. The second kappa shape index (κ2) is 5.74. The monoisotopic (exact) mass is 356 g/mol. The van der Waals surface area contributed by atoms with Crippen LogP contribution in [-0.2, 0) is 4.79 Å². The number of nitrogens with zero attached hydrogens (tertiary/aromatic N) is 3. The molecule has 1 saturated heterocycles. The van der Waals surface area contributed by atoms with Gasteiger partial charge in [0.25, 0.3) is 5.56 Å². The number of amides is 1. The number of rotatable bonds is 2. The first-order chi connectivity index (χ1) is 11.9. The number of aromatic nitrogens is 3. The molecule has 0 unspecified atom stereocenters. The molecule has 25 heavy (non-hydrogen) atoms. The summed E-state index contributed by atoms with van der Waals surface area (Å²) in [7, 11) is 1.77. The normalized spacial score (nSPS) is 17.6. The Kier molecular flexibility index (Phi) is 3.65. The zero-order valence-electron chi connectivity index (χ0n) is 13.9. The standard InChI is InChI=1S/C18H17ClN4O2/c1-10-17(11-3-5-13(19)6-4-11)18-20-14(8-16(25)23(18)21-10)12-7-15(24)22(2)9-12/h3-6,8,12,21H,7,9H2,1-2H3/t12-/m0/s1. The zero-order chi connectivity index (χ0) is 17.7. The molecule has 1 aromatic carbocycles.